The number of carboxylic acids is 1. The maximum atomic E-state index is 13.8. The lowest BCUT2D eigenvalue weighted by Gasteiger charge is -2.30. The third kappa shape index (κ3) is 4.60. The van der Waals surface area contributed by atoms with Crippen molar-refractivity contribution in [1.82, 2.24) is 4.90 Å². The number of halogens is 1. The molecule has 0 fully saturated rings. The van der Waals surface area contributed by atoms with Crippen LogP contribution in [0.1, 0.15) is 38.1 Å². The molecule has 0 aromatic heterocycles. The van der Waals surface area contributed by atoms with Crippen LogP contribution in [0.3, 0.4) is 0 Å². The first-order valence-electron chi connectivity index (χ1n) is 7.06. The highest BCUT2D eigenvalue weighted by molar-refractivity contribution is 5.94. The van der Waals surface area contributed by atoms with Crippen molar-refractivity contribution in [3.63, 3.8) is 0 Å². The summed E-state index contributed by atoms with van der Waals surface area (Å²) in [7, 11) is 0. The van der Waals surface area contributed by atoms with Crippen molar-refractivity contribution in [2.45, 2.75) is 39.8 Å². The fourth-order valence-corrected chi connectivity index (χ4v) is 2.34. The van der Waals surface area contributed by atoms with Gasteiger partial charge in [-0.3, -0.25) is 4.90 Å². The van der Waals surface area contributed by atoms with Crippen LogP contribution in [0.2, 0.25) is 0 Å². The van der Waals surface area contributed by atoms with E-state index in [1.54, 1.807) is 0 Å². The Hall–Kier alpha value is -1.82. The van der Waals surface area contributed by atoms with Crippen molar-refractivity contribution in [1.29, 1.82) is 0 Å². The lowest BCUT2D eigenvalue weighted by molar-refractivity contribution is 0.0698. The van der Waals surface area contributed by atoms with Gasteiger partial charge in [-0.2, -0.15) is 0 Å². The third-order valence-corrected chi connectivity index (χ3v) is 3.38. The summed E-state index contributed by atoms with van der Waals surface area (Å²) < 4.78 is 13.8. The standard InChI is InChI=1S/C15H24FN3O2/c1-9(2)19(10(3)4)6-5-18-14-7-11(15(20)21)13(17)8-12(14)16/h7-10,18H,5-6,17H2,1-4H3,(H,20,21). The normalized spacial score (nSPS) is 11.4. The zero-order valence-corrected chi connectivity index (χ0v) is 13.0. The number of aromatic carboxylic acids is 1. The summed E-state index contributed by atoms with van der Waals surface area (Å²) in [6.07, 6.45) is 0. The minimum absolute atomic E-state index is 0.0727. The molecule has 0 spiro atoms. The van der Waals surface area contributed by atoms with E-state index in [0.717, 1.165) is 12.6 Å². The smallest absolute Gasteiger partial charge is 0.337 e. The lowest BCUT2D eigenvalue weighted by atomic mass is 10.1. The van der Waals surface area contributed by atoms with Gasteiger partial charge in [0.05, 0.1) is 11.3 Å². The van der Waals surface area contributed by atoms with Crippen LogP contribution in [0.4, 0.5) is 15.8 Å². The highest BCUT2D eigenvalue weighted by atomic mass is 19.1. The average Bonchev–Trinajstić information content (AvgIpc) is 2.35. The monoisotopic (exact) mass is 297 g/mol. The molecule has 0 unspecified atom stereocenters. The van der Waals surface area contributed by atoms with E-state index < -0.39 is 11.8 Å². The predicted molar refractivity (Wildman–Crippen MR) is 83.2 cm³/mol. The topological polar surface area (TPSA) is 78.6 Å². The second-order valence-electron chi connectivity index (χ2n) is 5.58. The minimum Gasteiger partial charge on any atom is -0.478 e. The number of anilines is 2. The van der Waals surface area contributed by atoms with E-state index in [0.29, 0.717) is 18.6 Å². The molecule has 1 aromatic rings. The first-order valence-corrected chi connectivity index (χ1v) is 7.06. The Bertz CT molecular complexity index is 496. The number of hydrogen-bond acceptors (Lipinski definition) is 4. The van der Waals surface area contributed by atoms with Crippen molar-refractivity contribution in [2.75, 3.05) is 24.1 Å². The number of carbonyl (C=O) groups is 1. The summed E-state index contributed by atoms with van der Waals surface area (Å²) in [6, 6.07) is 3.05. The number of nitrogens with zero attached hydrogens (tertiary/aromatic N) is 1. The lowest BCUT2D eigenvalue weighted by Crippen LogP contribution is -2.40. The van der Waals surface area contributed by atoms with Gasteiger partial charge in [0, 0.05) is 30.9 Å². The Morgan fingerprint density at radius 1 is 1.33 bits per heavy atom. The number of nitrogens with two attached hydrogens (primary N) is 1. The Morgan fingerprint density at radius 2 is 1.90 bits per heavy atom. The zero-order chi connectivity index (χ0) is 16.2. The van der Waals surface area contributed by atoms with Crippen molar-refractivity contribution in [2.24, 2.45) is 0 Å². The van der Waals surface area contributed by atoms with Crippen LogP contribution in [-0.4, -0.2) is 41.1 Å². The molecule has 4 N–H and O–H groups in total. The summed E-state index contributed by atoms with van der Waals surface area (Å²) in [5.74, 6) is -1.71. The quantitative estimate of drug-likeness (QED) is 0.674. The molecule has 0 aliphatic heterocycles. The summed E-state index contributed by atoms with van der Waals surface area (Å²) >= 11 is 0. The van der Waals surface area contributed by atoms with Crippen LogP contribution in [0.15, 0.2) is 12.1 Å². The van der Waals surface area contributed by atoms with Gasteiger partial charge in [-0.05, 0) is 39.8 Å². The van der Waals surface area contributed by atoms with E-state index in [1.165, 1.54) is 6.07 Å². The van der Waals surface area contributed by atoms with E-state index in [4.69, 9.17) is 10.8 Å². The van der Waals surface area contributed by atoms with Crippen molar-refractivity contribution in [3.8, 4) is 0 Å². The van der Waals surface area contributed by atoms with Crippen LogP contribution in [0, 0.1) is 5.82 Å². The van der Waals surface area contributed by atoms with Crippen LogP contribution < -0.4 is 11.1 Å². The largest absolute Gasteiger partial charge is 0.478 e. The van der Waals surface area contributed by atoms with Crippen LogP contribution >= 0.6 is 0 Å². The fraction of sp³-hybridized carbons (Fsp3) is 0.533. The molecule has 0 atom stereocenters. The molecule has 1 aromatic carbocycles. The number of benzene rings is 1. The molecule has 0 saturated heterocycles. The molecular formula is C15H24FN3O2. The Morgan fingerprint density at radius 3 is 2.38 bits per heavy atom. The number of rotatable bonds is 7. The van der Waals surface area contributed by atoms with Crippen molar-refractivity contribution in [3.05, 3.63) is 23.5 Å². The molecule has 0 aliphatic rings. The zero-order valence-electron chi connectivity index (χ0n) is 13.0. The fourth-order valence-electron chi connectivity index (χ4n) is 2.34. The molecule has 5 nitrogen and oxygen atoms in total. The Kier molecular flexibility index (Phi) is 5.96. The highest BCUT2D eigenvalue weighted by Gasteiger charge is 2.15. The van der Waals surface area contributed by atoms with E-state index in [-0.39, 0.29) is 16.9 Å². The number of hydrogen-bond donors (Lipinski definition) is 3. The van der Waals surface area contributed by atoms with Gasteiger partial charge in [-0.15, -0.1) is 0 Å². The summed E-state index contributed by atoms with van der Waals surface area (Å²) in [5, 5.41) is 11.9. The number of nitrogen functional groups attached to an aromatic ring is 1. The highest BCUT2D eigenvalue weighted by Crippen LogP contribution is 2.22. The van der Waals surface area contributed by atoms with Gasteiger partial charge in [0.25, 0.3) is 0 Å². The summed E-state index contributed by atoms with van der Waals surface area (Å²) in [6.45, 7) is 9.68. The molecule has 0 bridgehead atoms. The molecule has 0 amide bonds. The molecule has 118 valence electrons. The molecule has 0 aliphatic carbocycles. The molecule has 6 heteroatoms. The van der Waals surface area contributed by atoms with Gasteiger partial charge in [0.15, 0.2) is 0 Å². The second kappa shape index (κ2) is 7.26. The average molecular weight is 297 g/mol. The van der Waals surface area contributed by atoms with Gasteiger partial charge in [-0.1, -0.05) is 0 Å². The maximum absolute atomic E-state index is 13.8. The summed E-state index contributed by atoms with van der Waals surface area (Å²) in [4.78, 5) is 13.3. The van der Waals surface area contributed by atoms with Gasteiger partial charge in [0.1, 0.15) is 5.82 Å². The van der Waals surface area contributed by atoms with Gasteiger partial charge in [-0.25, -0.2) is 9.18 Å². The maximum Gasteiger partial charge on any atom is 0.337 e. The van der Waals surface area contributed by atoms with Crippen LogP contribution in [0.25, 0.3) is 0 Å². The molecule has 0 radical (unpaired) electrons. The SMILES string of the molecule is CC(C)N(CCNc1cc(C(=O)O)c(N)cc1F)C(C)C. The predicted octanol–water partition coefficient (Wildman–Crippen LogP) is 2.64. The Balaban J connectivity index is 2.75. The van der Waals surface area contributed by atoms with Gasteiger partial charge in [0.2, 0.25) is 0 Å². The summed E-state index contributed by atoms with van der Waals surface area (Å²) in [5.41, 5.74) is 5.49. The van der Waals surface area contributed by atoms with Gasteiger partial charge >= 0.3 is 5.97 Å². The van der Waals surface area contributed by atoms with Crippen molar-refractivity contribution < 1.29 is 14.3 Å². The molecule has 1 rings (SSSR count). The van der Waals surface area contributed by atoms with E-state index >= 15 is 0 Å². The molecular weight excluding hydrogens is 273 g/mol. The molecule has 0 heterocycles. The minimum atomic E-state index is -1.17. The van der Waals surface area contributed by atoms with Gasteiger partial charge < -0.3 is 16.2 Å². The Labute approximate surface area is 124 Å². The first-order chi connectivity index (χ1) is 9.73. The van der Waals surface area contributed by atoms with E-state index in [2.05, 4.69) is 37.9 Å². The number of carboxylic acid groups (broad SMARTS) is 1. The van der Waals surface area contributed by atoms with E-state index in [9.17, 15) is 9.18 Å². The second-order valence-corrected chi connectivity index (χ2v) is 5.58. The molecule has 0 saturated carbocycles. The van der Waals surface area contributed by atoms with Crippen LogP contribution in [0.5, 0.6) is 0 Å². The van der Waals surface area contributed by atoms with Crippen molar-refractivity contribution >= 4 is 17.3 Å². The van der Waals surface area contributed by atoms with E-state index in [1.807, 2.05) is 0 Å². The van der Waals surface area contributed by atoms with Crippen LogP contribution in [-0.2, 0) is 0 Å². The third-order valence-electron chi connectivity index (χ3n) is 3.38. The number of nitrogens with one attached hydrogen (secondary N) is 1. The molecule has 21 heavy (non-hydrogen) atoms. The first kappa shape index (κ1) is 17.2.